The fourth-order valence-corrected chi connectivity index (χ4v) is 1.93. The van der Waals surface area contributed by atoms with E-state index in [-0.39, 0.29) is 29.8 Å². The number of hydrogen-bond donors (Lipinski definition) is 1. The quantitative estimate of drug-likeness (QED) is 0.550. The van der Waals surface area contributed by atoms with Crippen LogP contribution in [-0.2, 0) is 9.53 Å². The molecule has 0 heterocycles. The number of allylic oxidation sites excluding steroid dienone is 1. The van der Waals surface area contributed by atoms with Crippen molar-refractivity contribution in [3.8, 4) is 0 Å². The average molecular weight is 198 g/mol. The molecule has 3 heteroatoms. The molecule has 2 unspecified atom stereocenters. The van der Waals surface area contributed by atoms with Gasteiger partial charge >= 0.3 is 5.97 Å². The predicted molar refractivity (Wildman–Crippen MR) is 53.6 cm³/mol. The minimum absolute atomic E-state index is 0.0243. The highest BCUT2D eigenvalue weighted by molar-refractivity contribution is 5.78. The standard InChI is InChI=1S/C11H18O3/c1-7(6-12)5-8-9(10(13)14-4)11(8,2)3/h5,8-9,12H,6H2,1-4H3/b7-5+. The molecular formula is C11H18O3. The van der Waals surface area contributed by atoms with Crippen LogP contribution < -0.4 is 0 Å². The van der Waals surface area contributed by atoms with E-state index < -0.39 is 0 Å². The Labute approximate surface area is 84.8 Å². The van der Waals surface area contributed by atoms with Gasteiger partial charge in [0.15, 0.2) is 0 Å². The van der Waals surface area contributed by atoms with Crippen molar-refractivity contribution in [3.63, 3.8) is 0 Å². The summed E-state index contributed by atoms with van der Waals surface area (Å²) in [5, 5.41) is 8.88. The number of ether oxygens (including phenoxy) is 1. The summed E-state index contributed by atoms with van der Waals surface area (Å²) in [6.45, 7) is 6.00. The van der Waals surface area contributed by atoms with Crippen LogP contribution in [0.3, 0.4) is 0 Å². The van der Waals surface area contributed by atoms with E-state index in [2.05, 4.69) is 0 Å². The van der Waals surface area contributed by atoms with E-state index in [1.165, 1.54) is 7.11 Å². The van der Waals surface area contributed by atoms with Crippen LogP contribution in [0.1, 0.15) is 20.8 Å². The maximum atomic E-state index is 11.4. The molecule has 1 saturated carbocycles. The van der Waals surface area contributed by atoms with Crippen LogP contribution in [0.5, 0.6) is 0 Å². The van der Waals surface area contributed by atoms with Gasteiger partial charge in [-0.25, -0.2) is 0 Å². The van der Waals surface area contributed by atoms with E-state index in [0.717, 1.165) is 5.57 Å². The van der Waals surface area contributed by atoms with E-state index >= 15 is 0 Å². The first-order chi connectivity index (χ1) is 6.45. The van der Waals surface area contributed by atoms with Gasteiger partial charge in [0, 0.05) is 0 Å². The van der Waals surface area contributed by atoms with E-state index in [1.807, 2.05) is 26.8 Å². The summed E-state index contributed by atoms with van der Waals surface area (Å²) in [4.78, 5) is 11.4. The average Bonchev–Trinajstić information content (AvgIpc) is 2.67. The van der Waals surface area contributed by atoms with Gasteiger partial charge in [-0.1, -0.05) is 25.5 Å². The Morgan fingerprint density at radius 3 is 2.57 bits per heavy atom. The predicted octanol–water partition coefficient (Wildman–Crippen LogP) is 1.37. The zero-order valence-electron chi connectivity index (χ0n) is 9.20. The molecule has 0 aliphatic heterocycles. The number of carbonyl (C=O) groups is 1. The second-order valence-corrected chi connectivity index (χ2v) is 4.52. The third kappa shape index (κ3) is 1.82. The number of aliphatic hydroxyl groups excluding tert-OH is 1. The summed E-state index contributed by atoms with van der Waals surface area (Å²) >= 11 is 0. The van der Waals surface area contributed by atoms with E-state index in [4.69, 9.17) is 9.84 Å². The number of methoxy groups -OCH3 is 1. The summed E-state index contributed by atoms with van der Waals surface area (Å²) < 4.78 is 4.72. The number of rotatable bonds is 3. The molecule has 0 bridgehead atoms. The summed E-state index contributed by atoms with van der Waals surface area (Å²) in [5.74, 6) is 0.0121. The Morgan fingerprint density at radius 2 is 2.14 bits per heavy atom. The third-order valence-corrected chi connectivity index (χ3v) is 3.08. The van der Waals surface area contributed by atoms with Gasteiger partial charge < -0.3 is 9.84 Å². The Balaban J connectivity index is 2.71. The Morgan fingerprint density at radius 1 is 1.57 bits per heavy atom. The molecule has 1 aliphatic carbocycles. The molecule has 80 valence electrons. The van der Waals surface area contributed by atoms with Crippen LogP contribution in [0.15, 0.2) is 11.6 Å². The molecule has 0 aromatic carbocycles. The molecule has 1 aliphatic rings. The van der Waals surface area contributed by atoms with Gasteiger partial charge in [-0.3, -0.25) is 4.79 Å². The van der Waals surface area contributed by atoms with Crippen LogP contribution in [0, 0.1) is 17.3 Å². The van der Waals surface area contributed by atoms with E-state index in [1.54, 1.807) is 0 Å². The molecule has 3 nitrogen and oxygen atoms in total. The first kappa shape index (κ1) is 11.2. The summed E-state index contributed by atoms with van der Waals surface area (Å²) in [6.07, 6.45) is 1.97. The number of hydrogen-bond acceptors (Lipinski definition) is 3. The third-order valence-electron chi connectivity index (χ3n) is 3.08. The van der Waals surface area contributed by atoms with Crippen molar-refractivity contribution in [2.75, 3.05) is 13.7 Å². The minimum Gasteiger partial charge on any atom is -0.469 e. The zero-order valence-corrected chi connectivity index (χ0v) is 9.20. The van der Waals surface area contributed by atoms with Crippen LogP contribution in [-0.4, -0.2) is 24.8 Å². The molecule has 0 saturated heterocycles. The first-order valence-electron chi connectivity index (χ1n) is 4.81. The SMILES string of the molecule is COC(=O)C1C(/C=C(\C)CO)C1(C)C. The van der Waals surface area contributed by atoms with E-state index in [9.17, 15) is 4.79 Å². The lowest BCUT2D eigenvalue weighted by Gasteiger charge is -1.99. The molecule has 0 spiro atoms. The lowest BCUT2D eigenvalue weighted by Crippen LogP contribution is -2.07. The zero-order chi connectivity index (χ0) is 10.9. The number of esters is 1. The topological polar surface area (TPSA) is 46.5 Å². The monoisotopic (exact) mass is 198 g/mol. The molecule has 2 atom stereocenters. The molecule has 1 fully saturated rings. The van der Waals surface area contributed by atoms with Crippen molar-refractivity contribution in [1.82, 2.24) is 0 Å². The van der Waals surface area contributed by atoms with Crippen molar-refractivity contribution < 1.29 is 14.6 Å². The van der Waals surface area contributed by atoms with E-state index in [0.29, 0.717) is 0 Å². The van der Waals surface area contributed by atoms with Crippen molar-refractivity contribution in [3.05, 3.63) is 11.6 Å². The summed E-state index contributed by atoms with van der Waals surface area (Å²) in [6, 6.07) is 0. The number of carbonyl (C=O) groups excluding carboxylic acids is 1. The maximum Gasteiger partial charge on any atom is 0.309 e. The van der Waals surface area contributed by atoms with Gasteiger partial charge in [0.05, 0.1) is 19.6 Å². The minimum atomic E-state index is -0.151. The summed E-state index contributed by atoms with van der Waals surface area (Å²) in [5.41, 5.74) is 0.887. The summed E-state index contributed by atoms with van der Waals surface area (Å²) in [7, 11) is 1.41. The molecule has 14 heavy (non-hydrogen) atoms. The van der Waals surface area contributed by atoms with Crippen LogP contribution in [0.4, 0.5) is 0 Å². The smallest absolute Gasteiger partial charge is 0.309 e. The molecule has 0 amide bonds. The normalized spacial score (nSPS) is 29.9. The van der Waals surface area contributed by atoms with Gasteiger partial charge in [0.1, 0.15) is 0 Å². The van der Waals surface area contributed by atoms with Crippen molar-refractivity contribution in [2.24, 2.45) is 17.3 Å². The van der Waals surface area contributed by atoms with Crippen molar-refractivity contribution in [1.29, 1.82) is 0 Å². The first-order valence-corrected chi connectivity index (χ1v) is 4.81. The van der Waals surface area contributed by atoms with Crippen LogP contribution in [0.25, 0.3) is 0 Å². The highest BCUT2D eigenvalue weighted by atomic mass is 16.5. The molecule has 0 aromatic rings. The van der Waals surface area contributed by atoms with Gasteiger partial charge in [0.25, 0.3) is 0 Å². The molecule has 0 radical (unpaired) electrons. The fraction of sp³-hybridized carbons (Fsp3) is 0.727. The Hall–Kier alpha value is -0.830. The fourth-order valence-electron chi connectivity index (χ4n) is 1.93. The van der Waals surface area contributed by atoms with Crippen LogP contribution in [0.2, 0.25) is 0 Å². The highest BCUT2D eigenvalue weighted by Gasteiger charge is 2.61. The van der Waals surface area contributed by atoms with Gasteiger partial charge in [-0.05, 0) is 18.3 Å². The van der Waals surface area contributed by atoms with Crippen molar-refractivity contribution in [2.45, 2.75) is 20.8 Å². The largest absolute Gasteiger partial charge is 0.469 e. The van der Waals surface area contributed by atoms with Crippen molar-refractivity contribution >= 4 is 5.97 Å². The van der Waals surface area contributed by atoms with Gasteiger partial charge in [-0.2, -0.15) is 0 Å². The second-order valence-electron chi connectivity index (χ2n) is 4.52. The molecular weight excluding hydrogens is 180 g/mol. The second kappa shape index (κ2) is 3.73. The van der Waals surface area contributed by atoms with Gasteiger partial charge in [0.2, 0.25) is 0 Å². The lowest BCUT2D eigenvalue weighted by atomic mass is 10.1. The number of aliphatic hydroxyl groups is 1. The maximum absolute atomic E-state index is 11.4. The van der Waals surface area contributed by atoms with Gasteiger partial charge in [-0.15, -0.1) is 0 Å². The molecule has 0 aromatic heterocycles. The lowest BCUT2D eigenvalue weighted by molar-refractivity contribution is -0.143. The molecule has 1 rings (SSSR count). The Kier molecular flexibility index (Phi) is 3.00. The molecule has 1 N–H and O–H groups in total. The highest BCUT2D eigenvalue weighted by Crippen LogP contribution is 2.59. The van der Waals surface area contributed by atoms with Crippen LogP contribution >= 0.6 is 0 Å². The Bertz CT molecular complexity index is 266.